The number of piperidine rings is 1. The number of morpholine rings is 1. The third kappa shape index (κ3) is 3.96. The second-order valence-electron chi connectivity index (χ2n) is 6.60. The minimum absolute atomic E-state index is 0.126. The van der Waals surface area contributed by atoms with Gasteiger partial charge in [-0.05, 0) is 38.8 Å². The first-order valence-corrected chi connectivity index (χ1v) is 8.71. The molecule has 0 saturated carbocycles. The molecule has 1 amide bonds. The van der Waals surface area contributed by atoms with Gasteiger partial charge >= 0.3 is 0 Å². The monoisotopic (exact) mass is 337 g/mol. The zero-order valence-electron chi connectivity index (χ0n) is 13.7. The summed E-state index contributed by atoms with van der Waals surface area (Å²) >= 11 is 5.96. The maximum atomic E-state index is 12.8. The third-order valence-corrected chi connectivity index (χ3v) is 4.86. The first-order chi connectivity index (χ1) is 11.0. The van der Waals surface area contributed by atoms with Crippen LogP contribution in [0.4, 0.5) is 5.69 Å². The van der Waals surface area contributed by atoms with E-state index >= 15 is 0 Å². The molecule has 6 heteroatoms. The summed E-state index contributed by atoms with van der Waals surface area (Å²) in [5, 5.41) is 0.511. The van der Waals surface area contributed by atoms with Gasteiger partial charge in [0, 0.05) is 44.0 Å². The minimum Gasteiger partial charge on any atom is -0.372 e. The van der Waals surface area contributed by atoms with Crippen LogP contribution in [0.3, 0.4) is 0 Å². The van der Waals surface area contributed by atoms with Crippen LogP contribution >= 0.6 is 11.6 Å². The minimum atomic E-state index is 0.126. The number of amides is 1. The summed E-state index contributed by atoms with van der Waals surface area (Å²) in [6.45, 7) is 7.25. The largest absolute Gasteiger partial charge is 0.372 e. The van der Waals surface area contributed by atoms with Crippen LogP contribution in [0.25, 0.3) is 0 Å². The molecule has 5 nitrogen and oxygen atoms in total. The van der Waals surface area contributed by atoms with Gasteiger partial charge in [0.15, 0.2) is 0 Å². The zero-order chi connectivity index (χ0) is 16.4. The molecular formula is C17H24ClN3O2. The summed E-state index contributed by atoms with van der Waals surface area (Å²) in [6, 6.07) is 3.86. The van der Waals surface area contributed by atoms with Gasteiger partial charge in [-0.2, -0.15) is 0 Å². The molecule has 3 rings (SSSR count). The van der Waals surface area contributed by atoms with Crippen LogP contribution in [0, 0.1) is 5.92 Å². The van der Waals surface area contributed by atoms with Gasteiger partial charge in [0.1, 0.15) is 5.15 Å². The third-order valence-electron chi connectivity index (χ3n) is 4.65. The van der Waals surface area contributed by atoms with E-state index in [4.69, 9.17) is 16.3 Å². The molecule has 2 aliphatic heterocycles. The van der Waals surface area contributed by atoms with Crippen LogP contribution in [0.5, 0.6) is 0 Å². The maximum absolute atomic E-state index is 12.8. The summed E-state index contributed by atoms with van der Waals surface area (Å²) < 4.78 is 5.72. The lowest BCUT2D eigenvalue weighted by Crippen LogP contribution is -2.51. The SMILES string of the molecule is CC1CN(C(=O)C2CCN(c3ccnc(Cl)c3)CC2)CC(C)O1. The van der Waals surface area contributed by atoms with Crippen molar-refractivity contribution in [1.82, 2.24) is 9.88 Å². The van der Waals surface area contributed by atoms with Gasteiger partial charge in [-0.15, -0.1) is 0 Å². The Bertz CT molecular complexity index is 551. The van der Waals surface area contributed by atoms with Crippen molar-refractivity contribution in [3.63, 3.8) is 0 Å². The molecule has 0 bridgehead atoms. The summed E-state index contributed by atoms with van der Waals surface area (Å²) in [6.07, 6.45) is 3.76. The molecule has 1 aromatic rings. The van der Waals surface area contributed by atoms with Crippen LogP contribution in [0.15, 0.2) is 18.3 Å². The van der Waals surface area contributed by atoms with Crippen molar-refractivity contribution in [2.45, 2.75) is 38.9 Å². The van der Waals surface area contributed by atoms with Crippen LogP contribution in [-0.2, 0) is 9.53 Å². The summed E-state index contributed by atoms with van der Waals surface area (Å²) in [5.41, 5.74) is 1.09. The number of hydrogen-bond donors (Lipinski definition) is 0. The number of anilines is 1. The van der Waals surface area contributed by atoms with Crippen LogP contribution < -0.4 is 4.90 Å². The predicted octanol–water partition coefficient (Wildman–Crippen LogP) is 2.59. The Morgan fingerprint density at radius 2 is 1.91 bits per heavy atom. The lowest BCUT2D eigenvalue weighted by molar-refractivity contribution is -0.148. The van der Waals surface area contributed by atoms with Crippen molar-refractivity contribution in [1.29, 1.82) is 0 Å². The maximum Gasteiger partial charge on any atom is 0.225 e. The molecule has 2 atom stereocenters. The van der Waals surface area contributed by atoms with Crippen molar-refractivity contribution >= 4 is 23.2 Å². The first kappa shape index (κ1) is 16.5. The standard InChI is InChI=1S/C17H24ClN3O2/c1-12-10-21(11-13(2)23-12)17(22)14-4-7-20(8-5-14)15-3-6-19-16(18)9-15/h3,6,9,12-14H,4-5,7-8,10-11H2,1-2H3. The number of hydrogen-bond acceptors (Lipinski definition) is 4. The Labute approximate surface area is 142 Å². The highest BCUT2D eigenvalue weighted by atomic mass is 35.5. The average Bonchev–Trinajstić information content (AvgIpc) is 2.53. The molecule has 3 heterocycles. The van der Waals surface area contributed by atoms with Gasteiger partial charge in [0.2, 0.25) is 5.91 Å². The van der Waals surface area contributed by atoms with Gasteiger partial charge in [-0.1, -0.05) is 11.6 Å². The van der Waals surface area contributed by atoms with E-state index in [1.54, 1.807) is 6.20 Å². The molecule has 0 radical (unpaired) electrons. The lowest BCUT2D eigenvalue weighted by Gasteiger charge is -2.39. The first-order valence-electron chi connectivity index (χ1n) is 8.33. The van der Waals surface area contributed by atoms with Crippen molar-refractivity contribution < 1.29 is 9.53 Å². The highest BCUT2D eigenvalue weighted by Crippen LogP contribution is 2.26. The van der Waals surface area contributed by atoms with Crippen LogP contribution in [-0.4, -0.2) is 54.2 Å². The molecule has 126 valence electrons. The van der Waals surface area contributed by atoms with Gasteiger partial charge in [-0.25, -0.2) is 4.98 Å². The smallest absolute Gasteiger partial charge is 0.225 e. The number of aromatic nitrogens is 1. The van der Waals surface area contributed by atoms with E-state index in [1.807, 2.05) is 30.9 Å². The fraction of sp³-hybridized carbons (Fsp3) is 0.647. The molecule has 23 heavy (non-hydrogen) atoms. The van der Waals surface area contributed by atoms with Crippen molar-refractivity contribution in [2.24, 2.45) is 5.92 Å². The van der Waals surface area contributed by atoms with E-state index in [1.165, 1.54) is 0 Å². The van der Waals surface area contributed by atoms with Crippen molar-refractivity contribution in [2.75, 3.05) is 31.1 Å². The highest BCUT2D eigenvalue weighted by molar-refractivity contribution is 6.29. The Kier molecular flexibility index (Phi) is 5.07. The Morgan fingerprint density at radius 3 is 2.52 bits per heavy atom. The number of ether oxygens (including phenoxy) is 1. The van der Waals surface area contributed by atoms with E-state index < -0.39 is 0 Å². The molecule has 2 fully saturated rings. The van der Waals surface area contributed by atoms with Gasteiger partial charge in [0.05, 0.1) is 12.2 Å². The fourth-order valence-electron chi connectivity index (χ4n) is 3.59. The van der Waals surface area contributed by atoms with E-state index in [9.17, 15) is 4.79 Å². The number of carbonyl (C=O) groups excluding carboxylic acids is 1. The van der Waals surface area contributed by atoms with Gasteiger partial charge in [0.25, 0.3) is 0 Å². The van der Waals surface area contributed by atoms with Crippen molar-refractivity contribution in [3.05, 3.63) is 23.5 Å². The van der Waals surface area contributed by atoms with Crippen LogP contribution in [0.1, 0.15) is 26.7 Å². The van der Waals surface area contributed by atoms with Gasteiger partial charge in [-0.3, -0.25) is 4.79 Å². The van der Waals surface area contributed by atoms with Gasteiger partial charge < -0.3 is 14.5 Å². The number of rotatable bonds is 2. The van der Waals surface area contributed by atoms with E-state index in [-0.39, 0.29) is 18.1 Å². The van der Waals surface area contributed by atoms with E-state index in [0.29, 0.717) is 24.1 Å². The quantitative estimate of drug-likeness (QED) is 0.778. The fourth-order valence-corrected chi connectivity index (χ4v) is 3.76. The molecule has 0 aromatic carbocycles. The predicted molar refractivity (Wildman–Crippen MR) is 90.8 cm³/mol. The lowest BCUT2D eigenvalue weighted by atomic mass is 9.94. The number of carbonyl (C=O) groups is 1. The Balaban J connectivity index is 1.57. The second kappa shape index (κ2) is 7.05. The summed E-state index contributed by atoms with van der Waals surface area (Å²) in [4.78, 5) is 21.0. The van der Waals surface area contributed by atoms with Crippen molar-refractivity contribution in [3.8, 4) is 0 Å². The van der Waals surface area contributed by atoms with E-state index in [0.717, 1.165) is 31.6 Å². The summed E-state index contributed by atoms with van der Waals surface area (Å²) in [5.74, 6) is 0.417. The number of nitrogens with zero attached hydrogens (tertiary/aromatic N) is 3. The number of pyridine rings is 1. The molecule has 1 aromatic heterocycles. The molecule has 0 spiro atoms. The van der Waals surface area contributed by atoms with Crippen LogP contribution in [0.2, 0.25) is 5.15 Å². The van der Waals surface area contributed by atoms with E-state index in [2.05, 4.69) is 9.88 Å². The molecule has 0 N–H and O–H groups in total. The Morgan fingerprint density at radius 1 is 1.26 bits per heavy atom. The topological polar surface area (TPSA) is 45.7 Å². The molecular weight excluding hydrogens is 314 g/mol. The zero-order valence-corrected chi connectivity index (χ0v) is 14.5. The second-order valence-corrected chi connectivity index (χ2v) is 6.99. The average molecular weight is 338 g/mol. The Hall–Kier alpha value is -1.33. The highest BCUT2D eigenvalue weighted by Gasteiger charge is 2.32. The molecule has 2 saturated heterocycles. The summed E-state index contributed by atoms with van der Waals surface area (Å²) in [7, 11) is 0. The molecule has 0 aliphatic carbocycles. The normalized spacial score (nSPS) is 26.4. The molecule has 2 unspecified atom stereocenters. The molecule has 2 aliphatic rings. The number of halogens is 1.